The van der Waals surface area contributed by atoms with Crippen molar-refractivity contribution in [2.24, 2.45) is 0 Å². The fourth-order valence-corrected chi connectivity index (χ4v) is 6.28. The highest BCUT2D eigenvalue weighted by molar-refractivity contribution is 7.48. The minimum atomic E-state index is -0.324. The van der Waals surface area contributed by atoms with Gasteiger partial charge in [-0.3, -0.25) is 4.90 Å². The van der Waals surface area contributed by atoms with E-state index in [0.29, 0.717) is 20.1 Å². The van der Waals surface area contributed by atoms with Crippen LogP contribution in [0.2, 0.25) is 0 Å². The van der Waals surface area contributed by atoms with Gasteiger partial charge in [0.05, 0.1) is 14.2 Å². The molecule has 170 valence electrons. The van der Waals surface area contributed by atoms with Gasteiger partial charge in [-0.15, -0.1) is 0 Å². The number of hydrogen-bond donors (Lipinski definition) is 1. The van der Waals surface area contributed by atoms with E-state index in [9.17, 15) is 9.50 Å². The molecule has 1 N–H and O–H groups in total. The first-order valence-electron chi connectivity index (χ1n) is 11.1. The number of methoxy groups -OCH3 is 2. The zero-order valence-electron chi connectivity index (χ0n) is 19.1. The average molecular weight is 448 g/mol. The molecule has 1 fully saturated rings. The molecule has 31 heavy (non-hydrogen) atoms. The van der Waals surface area contributed by atoms with Crippen LogP contribution in [0.1, 0.15) is 57.1 Å². The average Bonchev–Trinajstić information content (AvgIpc) is 2.76. The summed E-state index contributed by atoms with van der Waals surface area (Å²) in [5, 5.41) is 11.8. The molecular weight excluding hydrogens is 412 g/mol. The van der Waals surface area contributed by atoms with Crippen LogP contribution in [0.5, 0.6) is 17.2 Å². The molecule has 1 heterocycles. The lowest BCUT2D eigenvalue weighted by molar-refractivity contribution is 0.221. The van der Waals surface area contributed by atoms with E-state index < -0.39 is 0 Å². The zero-order chi connectivity index (χ0) is 22.4. The Balaban J connectivity index is 2.00. The van der Waals surface area contributed by atoms with E-state index in [4.69, 9.17) is 9.47 Å². The van der Waals surface area contributed by atoms with Gasteiger partial charge in [-0.1, -0.05) is 41.3 Å². The number of aromatic hydroxyl groups is 1. The summed E-state index contributed by atoms with van der Waals surface area (Å²) in [5.74, 6) is 1.04. The van der Waals surface area contributed by atoms with Crippen LogP contribution in [0.15, 0.2) is 30.3 Å². The Labute approximate surface area is 187 Å². The Morgan fingerprint density at radius 1 is 1.10 bits per heavy atom. The normalized spacial score (nSPS) is 17.1. The van der Waals surface area contributed by atoms with E-state index >= 15 is 0 Å². The lowest BCUT2D eigenvalue weighted by Crippen LogP contribution is -2.31. The Morgan fingerprint density at radius 2 is 1.84 bits per heavy atom. The number of phenolic OH excluding ortho intramolecular Hbond substituents is 1. The van der Waals surface area contributed by atoms with Crippen molar-refractivity contribution in [3.8, 4) is 17.2 Å². The molecule has 2 unspecified atom stereocenters. The molecule has 2 aromatic rings. The minimum absolute atomic E-state index is 0.159. The summed E-state index contributed by atoms with van der Waals surface area (Å²) in [6, 6.07) is 8.79. The van der Waals surface area contributed by atoms with Gasteiger partial charge in [-0.05, 0) is 61.4 Å². The van der Waals surface area contributed by atoms with Crippen molar-refractivity contribution in [3.63, 3.8) is 0 Å². The maximum absolute atomic E-state index is 14.2. The van der Waals surface area contributed by atoms with Crippen LogP contribution >= 0.6 is 8.58 Å². The van der Waals surface area contributed by atoms with Crippen LogP contribution in [0, 0.1) is 5.82 Å². The molecule has 1 aliphatic rings. The third-order valence-corrected chi connectivity index (χ3v) is 8.00. The molecule has 4 nitrogen and oxygen atoms in total. The van der Waals surface area contributed by atoms with Gasteiger partial charge >= 0.3 is 0 Å². The largest absolute Gasteiger partial charge is 0.504 e. The fourth-order valence-electron chi connectivity index (χ4n) is 4.51. The molecule has 0 saturated carbocycles. The van der Waals surface area contributed by atoms with Crippen LogP contribution in [-0.4, -0.2) is 37.3 Å². The zero-order valence-corrected chi connectivity index (χ0v) is 20.1. The molecule has 0 aliphatic carbocycles. The molecule has 0 radical (unpaired) electrons. The van der Waals surface area contributed by atoms with E-state index in [1.54, 1.807) is 32.4 Å². The second-order valence-electron chi connectivity index (χ2n) is 8.57. The number of phenols is 1. The Hall–Kier alpha value is -1.84. The highest BCUT2D eigenvalue weighted by atomic mass is 31.1. The molecule has 1 aliphatic heterocycles. The third kappa shape index (κ3) is 5.70. The van der Waals surface area contributed by atoms with E-state index in [1.807, 2.05) is 12.1 Å². The monoisotopic (exact) mass is 447 g/mol. The molecule has 0 bridgehead atoms. The predicted octanol–water partition coefficient (Wildman–Crippen LogP) is 5.55. The topological polar surface area (TPSA) is 41.9 Å². The van der Waals surface area contributed by atoms with Crippen molar-refractivity contribution in [2.75, 3.05) is 27.3 Å². The number of benzene rings is 2. The predicted molar refractivity (Wildman–Crippen MR) is 127 cm³/mol. The smallest absolute Gasteiger partial charge is 0.164 e. The van der Waals surface area contributed by atoms with Crippen molar-refractivity contribution in [1.29, 1.82) is 0 Å². The van der Waals surface area contributed by atoms with Crippen molar-refractivity contribution in [3.05, 3.63) is 47.3 Å². The highest BCUT2D eigenvalue weighted by Crippen LogP contribution is 2.51. The van der Waals surface area contributed by atoms with Crippen molar-refractivity contribution in [1.82, 2.24) is 4.90 Å². The molecule has 1 saturated heterocycles. The van der Waals surface area contributed by atoms with Gasteiger partial charge in [0.15, 0.2) is 11.5 Å². The first-order chi connectivity index (χ1) is 14.9. The van der Waals surface area contributed by atoms with Gasteiger partial charge in [0.1, 0.15) is 11.6 Å². The highest BCUT2D eigenvalue weighted by Gasteiger charge is 2.32. The van der Waals surface area contributed by atoms with Crippen molar-refractivity contribution < 1.29 is 19.0 Å². The second-order valence-corrected chi connectivity index (χ2v) is 10.5. The number of ether oxygens (including phenoxy) is 2. The lowest BCUT2D eigenvalue weighted by Gasteiger charge is -2.33. The standard InChI is InChI=1S/C25H35FNO3P/c1-5-11-25(2,21-15-20(29-3)16-22(30-4)24(21)28)31-23-10-9-19(26)14-18(23)17-27-12-7-6-8-13-27/h9-10,14-16,28,31H,5-8,11-13,17H2,1-4H3. The van der Waals surface area contributed by atoms with Gasteiger partial charge in [0, 0.05) is 23.3 Å². The number of likely N-dealkylation sites (tertiary alicyclic amines) is 1. The SMILES string of the molecule is CCCC(C)(Pc1ccc(F)cc1CN1CCCCC1)c1cc(OC)cc(OC)c1O. The van der Waals surface area contributed by atoms with Gasteiger partial charge in [-0.2, -0.15) is 0 Å². The fraction of sp³-hybridized carbons (Fsp3) is 0.520. The summed E-state index contributed by atoms with van der Waals surface area (Å²) in [5.41, 5.74) is 1.87. The van der Waals surface area contributed by atoms with E-state index in [0.717, 1.165) is 48.9 Å². The molecule has 3 rings (SSSR count). The Morgan fingerprint density at radius 3 is 2.48 bits per heavy atom. The van der Waals surface area contributed by atoms with Crippen LogP contribution in [-0.2, 0) is 11.7 Å². The number of rotatable bonds is 9. The van der Waals surface area contributed by atoms with Crippen LogP contribution < -0.4 is 14.8 Å². The number of nitrogens with zero attached hydrogens (tertiary/aromatic N) is 1. The van der Waals surface area contributed by atoms with Crippen LogP contribution in [0.4, 0.5) is 4.39 Å². The lowest BCUT2D eigenvalue weighted by atomic mass is 9.93. The van der Waals surface area contributed by atoms with Crippen LogP contribution in [0.3, 0.4) is 0 Å². The van der Waals surface area contributed by atoms with E-state index in [2.05, 4.69) is 18.7 Å². The van der Waals surface area contributed by atoms with E-state index in [-0.39, 0.29) is 16.7 Å². The summed E-state index contributed by atoms with van der Waals surface area (Å²) in [7, 11) is 3.54. The maximum Gasteiger partial charge on any atom is 0.164 e. The number of hydrogen-bond acceptors (Lipinski definition) is 4. The van der Waals surface area contributed by atoms with Gasteiger partial charge in [0.2, 0.25) is 0 Å². The van der Waals surface area contributed by atoms with Gasteiger partial charge in [0.25, 0.3) is 0 Å². The minimum Gasteiger partial charge on any atom is -0.504 e. The Kier molecular flexibility index (Phi) is 8.18. The first-order valence-corrected chi connectivity index (χ1v) is 12.1. The summed E-state index contributed by atoms with van der Waals surface area (Å²) in [4.78, 5) is 2.43. The van der Waals surface area contributed by atoms with Crippen LogP contribution in [0.25, 0.3) is 0 Å². The Bertz CT molecular complexity index is 885. The molecule has 0 amide bonds. The summed E-state index contributed by atoms with van der Waals surface area (Å²) in [6.45, 7) is 7.24. The molecule has 0 spiro atoms. The van der Waals surface area contributed by atoms with E-state index in [1.165, 1.54) is 19.3 Å². The summed E-state index contributed by atoms with van der Waals surface area (Å²) < 4.78 is 25.1. The van der Waals surface area contributed by atoms with Gasteiger partial charge < -0.3 is 14.6 Å². The quantitative estimate of drug-likeness (QED) is 0.512. The number of halogens is 1. The molecular formula is C25H35FNO3P. The summed E-state index contributed by atoms with van der Waals surface area (Å²) >= 11 is 0. The van der Waals surface area contributed by atoms with Crippen molar-refractivity contribution >= 4 is 13.9 Å². The summed E-state index contributed by atoms with van der Waals surface area (Å²) in [6.07, 6.45) is 5.54. The number of piperidine rings is 1. The molecule has 0 aromatic heterocycles. The van der Waals surface area contributed by atoms with Crippen molar-refractivity contribution in [2.45, 2.75) is 57.7 Å². The maximum atomic E-state index is 14.2. The van der Waals surface area contributed by atoms with Gasteiger partial charge in [-0.25, -0.2) is 4.39 Å². The molecule has 2 atom stereocenters. The third-order valence-electron chi connectivity index (χ3n) is 6.17. The molecule has 6 heteroatoms. The first kappa shape index (κ1) is 23.8. The molecule has 2 aromatic carbocycles. The second kappa shape index (κ2) is 10.7.